The molecule has 0 unspecified atom stereocenters. The van der Waals surface area contributed by atoms with Gasteiger partial charge in [0.15, 0.2) is 0 Å². The number of rotatable bonds is 5. The molecule has 6 nitrogen and oxygen atoms in total. The van der Waals surface area contributed by atoms with Gasteiger partial charge in [0.2, 0.25) is 0 Å². The van der Waals surface area contributed by atoms with Crippen molar-refractivity contribution < 1.29 is 23.8 Å². The molecule has 1 aliphatic rings. The predicted octanol–water partition coefficient (Wildman–Crippen LogP) is 3.96. The molecule has 28 heavy (non-hydrogen) atoms. The SMILES string of the molecule is COC(=O)c1ccc([C@H]2C[C@H](OC)CCN2C(=O)OCc2ccccc2)cc1. The smallest absolute Gasteiger partial charge is 0.410 e. The fourth-order valence-electron chi connectivity index (χ4n) is 3.44. The van der Waals surface area contributed by atoms with Crippen LogP contribution in [0.3, 0.4) is 0 Å². The van der Waals surface area contributed by atoms with Crippen LogP contribution in [0.2, 0.25) is 0 Å². The number of methoxy groups -OCH3 is 2. The fourth-order valence-corrected chi connectivity index (χ4v) is 3.44. The van der Waals surface area contributed by atoms with Gasteiger partial charge in [-0.2, -0.15) is 0 Å². The van der Waals surface area contributed by atoms with E-state index >= 15 is 0 Å². The van der Waals surface area contributed by atoms with Crippen molar-refractivity contribution in [3.63, 3.8) is 0 Å². The Kier molecular flexibility index (Phi) is 6.66. The summed E-state index contributed by atoms with van der Waals surface area (Å²) < 4.78 is 15.8. The molecule has 1 amide bonds. The van der Waals surface area contributed by atoms with Crippen LogP contribution in [0.4, 0.5) is 4.79 Å². The van der Waals surface area contributed by atoms with Gasteiger partial charge >= 0.3 is 12.1 Å². The Bertz CT molecular complexity index is 790. The molecule has 2 aromatic rings. The lowest BCUT2D eigenvalue weighted by molar-refractivity contribution is 0.00474. The van der Waals surface area contributed by atoms with Crippen LogP contribution < -0.4 is 0 Å². The molecule has 0 bridgehead atoms. The van der Waals surface area contributed by atoms with Crippen LogP contribution in [0.1, 0.15) is 40.4 Å². The molecule has 2 atom stereocenters. The molecule has 6 heteroatoms. The average molecular weight is 383 g/mol. The number of benzene rings is 2. The fraction of sp³-hybridized carbons (Fsp3) is 0.364. The second-order valence-electron chi connectivity index (χ2n) is 6.75. The van der Waals surface area contributed by atoms with Crippen LogP contribution in [0.5, 0.6) is 0 Å². The summed E-state index contributed by atoms with van der Waals surface area (Å²) in [6.45, 7) is 0.785. The molecule has 1 heterocycles. The third-order valence-corrected chi connectivity index (χ3v) is 5.04. The number of piperidine rings is 1. The molecule has 1 fully saturated rings. The molecule has 2 aromatic carbocycles. The number of carbonyl (C=O) groups is 2. The van der Waals surface area contributed by atoms with E-state index in [0.29, 0.717) is 18.5 Å². The van der Waals surface area contributed by atoms with Gasteiger partial charge in [-0.1, -0.05) is 42.5 Å². The minimum atomic E-state index is -0.385. The largest absolute Gasteiger partial charge is 0.465 e. The van der Waals surface area contributed by atoms with Crippen LogP contribution in [-0.4, -0.2) is 43.8 Å². The quantitative estimate of drug-likeness (QED) is 0.731. The van der Waals surface area contributed by atoms with E-state index in [1.165, 1.54) is 7.11 Å². The Morgan fingerprint density at radius 2 is 1.75 bits per heavy atom. The van der Waals surface area contributed by atoms with Crippen LogP contribution in [0.25, 0.3) is 0 Å². The van der Waals surface area contributed by atoms with Crippen LogP contribution >= 0.6 is 0 Å². The Hall–Kier alpha value is -2.86. The van der Waals surface area contributed by atoms with Crippen molar-refractivity contribution in [3.8, 4) is 0 Å². The molecule has 1 saturated heterocycles. The molecular weight excluding hydrogens is 358 g/mol. The van der Waals surface area contributed by atoms with Crippen molar-refractivity contribution in [1.82, 2.24) is 4.90 Å². The summed E-state index contributed by atoms with van der Waals surface area (Å²) in [6.07, 6.45) is 1.16. The summed E-state index contributed by atoms with van der Waals surface area (Å²) in [6, 6.07) is 16.6. The maximum atomic E-state index is 12.8. The number of ether oxygens (including phenoxy) is 3. The summed E-state index contributed by atoms with van der Waals surface area (Å²) >= 11 is 0. The Morgan fingerprint density at radius 3 is 2.39 bits per heavy atom. The molecular formula is C22H25NO5. The highest BCUT2D eigenvalue weighted by Gasteiger charge is 2.33. The Labute approximate surface area is 165 Å². The standard InChI is InChI=1S/C22H25NO5/c1-26-19-12-13-23(22(25)28-15-16-6-4-3-5-7-16)20(14-19)17-8-10-18(11-9-17)21(24)27-2/h3-11,19-20H,12-15H2,1-2H3/t19-,20-/m1/s1. The van der Waals surface area contributed by atoms with Gasteiger partial charge in [-0.3, -0.25) is 0 Å². The van der Waals surface area contributed by atoms with Gasteiger partial charge < -0.3 is 19.1 Å². The van der Waals surface area contributed by atoms with Crippen molar-refractivity contribution >= 4 is 12.1 Å². The predicted molar refractivity (Wildman–Crippen MR) is 104 cm³/mol. The number of amides is 1. The number of hydrogen-bond acceptors (Lipinski definition) is 5. The van der Waals surface area contributed by atoms with Gasteiger partial charge in [0.1, 0.15) is 6.61 Å². The molecule has 0 spiro atoms. The highest BCUT2D eigenvalue weighted by Crippen LogP contribution is 2.33. The van der Waals surface area contributed by atoms with Crippen molar-refractivity contribution in [3.05, 3.63) is 71.3 Å². The lowest BCUT2D eigenvalue weighted by Crippen LogP contribution is -2.43. The molecule has 0 aliphatic carbocycles. The highest BCUT2D eigenvalue weighted by atomic mass is 16.6. The van der Waals surface area contributed by atoms with Crippen LogP contribution in [-0.2, 0) is 20.8 Å². The summed E-state index contributed by atoms with van der Waals surface area (Å²) in [5.41, 5.74) is 2.36. The lowest BCUT2D eigenvalue weighted by Gasteiger charge is -2.38. The number of nitrogens with zero attached hydrogens (tertiary/aromatic N) is 1. The van der Waals surface area contributed by atoms with E-state index < -0.39 is 0 Å². The molecule has 3 rings (SSSR count). The summed E-state index contributed by atoms with van der Waals surface area (Å²) in [4.78, 5) is 26.2. The molecule has 0 N–H and O–H groups in total. The minimum Gasteiger partial charge on any atom is -0.465 e. The van der Waals surface area contributed by atoms with E-state index in [2.05, 4.69) is 0 Å². The van der Waals surface area contributed by atoms with Crippen molar-refractivity contribution in [1.29, 1.82) is 0 Å². The van der Waals surface area contributed by atoms with Gasteiger partial charge in [-0.05, 0) is 36.1 Å². The normalized spacial score (nSPS) is 19.1. The Balaban J connectivity index is 1.74. The zero-order chi connectivity index (χ0) is 19.9. The molecule has 0 radical (unpaired) electrons. The van der Waals surface area contributed by atoms with E-state index in [-0.39, 0.29) is 30.8 Å². The second kappa shape index (κ2) is 9.37. The molecule has 0 saturated carbocycles. The lowest BCUT2D eigenvalue weighted by atomic mass is 9.93. The zero-order valence-corrected chi connectivity index (χ0v) is 16.2. The first-order valence-corrected chi connectivity index (χ1v) is 9.30. The van der Waals surface area contributed by atoms with Gasteiger partial charge in [-0.25, -0.2) is 9.59 Å². The molecule has 1 aliphatic heterocycles. The summed E-state index contributed by atoms with van der Waals surface area (Å²) in [5.74, 6) is -0.385. The summed E-state index contributed by atoms with van der Waals surface area (Å²) in [5, 5.41) is 0. The third-order valence-electron chi connectivity index (χ3n) is 5.04. The average Bonchev–Trinajstić information content (AvgIpc) is 2.77. The first-order valence-electron chi connectivity index (χ1n) is 9.30. The third kappa shape index (κ3) is 4.70. The molecule has 0 aromatic heterocycles. The van der Waals surface area contributed by atoms with Gasteiger partial charge in [0.05, 0.1) is 24.8 Å². The number of esters is 1. The number of hydrogen-bond donors (Lipinski definition) is 0. The monoisotopic (exact) mass is 383 g/mol. The maximum absolute atomic E-state index is 12.8. The van der Waals surface area contributed by atoms with Crippen molar-refractivity contribution in [2.75, 3.05) is 20.8 Å². The van der Waals surface area contributed by atoms with Gasteiger partial charge in [0, 0.05) is 13.7 Å². The maximum Gasteiger partial charge on any atom is 0.410 e. The number of carbonyl (C=O) groups excluding carboxylic acids is 2. The van der Waals surface area contributed by atoms with E-state index in [4.69, 9.17) is 14.2 Å². The van der Waals surface area contributed by atoms with Crippen molar-refractivity contribution in [2.24, 2.45) is 0 Å². The topological polar surface area (TPSA) is 65.1 Å². The number of likely N-dealkylation sites (tertiary alicyclic amines) is 1. The van der Waals surface area contributed by atoms with Crippen LogP contribution in [0.15, 0.2) is 54.6 Å². The second-order valence-corrected chi connectivity index (χ2v) is 6.75. The minimum absolute atomic E-state index is 0.0726. The molecule has 148 valence electrons. The Morgan fingerprint density at radius 1 is 1.04 bits per heavy atom. The van der Waals surface area contributed by atoms with Gasteiger partial charge in [-0.15, -0.1) is 0 Å². The van der Waals surface area contributed by atoms with E-state index in [9.17, 15) is 9.59 Å². The summed E-state index contributed by atoms with van der Waals surface area (Å²) in [7, 11) is 3.04. The van der Waals surface area contributed by atoms with Crippen molar-refractivity contribution in [2.45, 2.75) is 31.6 Å². The van der Waals surface area contributed by atoms with E-state index in [0.717, 1.165) is 17.5 Å². The first kappa shape index (κ1) is 19.9. The zero-order valence-electron chi connectivity index (χ0n) is 16.2. The van der Waals surface area contributed by atoms with Crippen LogP contribution in [0, 0.1) is 0 Å². The van der Waals surface area contributed by atoms with Gasteiger partial charge in [0.25, 0.3) is 0 Å². The highest BCUT2D eigenvalue weighted by molar-refractivity contribution is 5.89. The van der Waals surface area contributed by atoms with E-state index in [1.54, 1.807) is 24.1 Å². The first-order chi connectivity index (χ1) is 13.6. The van der Waals surface area contributed by atoms with E-state index in [1.807, 2.05) is 42.5 Å².